The van der Waals surface area contributed by atoms with Crippen LogP contribution in [0.25, 0.3) is 0 Å². The predicted octanol–water partition coefficient (Wildman–Crippen LogP) is 1.23. The number of hydrogen-bond acceptors (Lipinski definition) is 2. The molecule has 0 radical (unpaired) electrons. The zero-order chi connectivity index (χ0) is 10.3. The van der Waals surface area contributed by atoms with Crippen LogP contribution < -0.4 is 0 Å². The minimum absolute atomic E-state index is 0.000929. The summed E-state index contributed by atoms with van der Waals surface area (Å²) in [5.74, 6) is -0.0934. The average molecular weight is 208 g/mol. The lowest BCUT2D eigenvalue weighted by molar-refractivity contribution is -0.131. The van der Waals surface area contributed by atoms with Crippen molar-refractivity contribution in [2.45, 2.75) is 32.1 Å². The van der Waals surface area contributed by atoms with E-state index in [4.69, 9.17) is 16.7 Å². The van der Waals surface area contributed by atoms with Crippen molar-refractivity contribution < 1.29 is 9.90 Å². The van der Waals surface area contributed by atoms with Gasteiger partial charge in [-0.05, 0) is 13.3 Å². The first-order chi connectivity index (χ1) is 6.13. The van der Waals surface area contributed by atoms with Crippen LogP contribution in [0.5, 0.6) is 0 Å². The molecule has 0 aromatic rings. The van der Waals surface area contributed by atoms with E-state index in [1.165, 1.54) is 0 Å². The second kappa shape index (κ2) is 7.15. The highest BCUT2D eigenvalue weighted by Gasteiger charge is 2.16. The number of amides is 1. The minimum atomic E-state index is -0.497. The summed E-state index contributed by atoms with van der Waals surface area (Å²) in [6.07, 6.45) is 1.99. The molecule has 0 aliphatic carbocycles. The number of hydrogen-bond donors (Lipinski definition) is 1. The zero-order valence-corrected chi connectivity index (χ0v) is 9.05. The van der Waals surface area contributed by atoms with Crippen molar-refractivity contribution >= 4 is 17.5 Å². The fourth-order valence-corrected chi connectivity index (χ4v) is 1.19. The van der Waals surface area contributed by atoms with Gasteiger partial charge < -0.3 is 10.0 Å². The number of nitrogens with zero attached hydrogens (tertiary/aromatic N) is 1. The second-order valence-electron chi connectivity index (χ2n) is 3.02. The van der Waals surface area contributed by atoms with Crippen molar-refractivity contribution in [2.75, 3.05) is 19.7 Å². The summed E-state index contributed by atoms with van der Waals surface area (Å²) in [5.41, 5.74) is 0. The Morgan fingerprint density at radius 3 is 2.54 bits per heavy atom. The molecule has 0 aliphatic rings. The minimum Gasteiger partial charge on any atom is -0.395 e. The standard InChI is InChI=1S/C9H18ClNO2/c1-3-4-5-11(6-7-12)9(13)8(2)10/h8,12H,3-7H2,1-2H3. The lowest BCUT2D eigenvalue weighted by Crippen LogP contribution is -2.38. The summed E-state index contributed by atoms with van der Waals surface area (Å²) in [4.78, 5) is 13.0. The molecule has 0 aromatic carbocycles. The second-order valence-corrected chi connectivity index (χ2v) is 3.67. The van der Waals surface area contributed by atoms with Crippen molar-refractivity contribution in [2.24, 2.45) is 0 Å². The molecular formula is C9H18ClNO2. The Balaban J connectivity index is 3.99. The van der Waals surface area contributed by atoms with Crippen LogP contribution in [0.1, 0.15) is 26.7 Å². The topological polar surface area (TPSA) is 40.5 Å². The first kappa shape index (κ1) is 12.7. The van der Waals surface area contributed by atoms with Gasteiger partial charge in [0, 0.05) is 13.1 Å². The fourth-order valence-electron chi connectivity index (χ4n) is 1.05. The highest BCUT2D eigenvalue weighted by molar-refractivity contribution is 6.30. The number of carbonyl (C=O) groups is 1. The number of carbonyl (C=O) groups excluding carboxylic acids is 1. The molecule has 0 fully saturated rings. The van der Waals surface area contributed by atoms with Crippen LogP contribution in [0.4, 0.5) is 0 Å². The quantitative estimate of drug-likeness (QED) is 0.666. The van der Waals surface area contributed by atoms with Crippen molar-refractivity contribution in [3.63, 3.8) is 0 Å². The van der Waals surface area contributed by atoms with Crippen LogP contribution in [0.15, 0.2) is 0 Å². The maximum atomic E-state index is 11.4. The third-order valence-electron chi connectivity index (χ3n) is 1.80. The molecule has 1 N–H and O–H groups in total. The van der Waals surface area contributed by atoms with E-state index >= 15 is 0 Å². The van der Waals surface area contributed by atoms with Gasteiger partial charge in [-0.2, -0.15) is 0 Å². The number of aliphatic hydroxyl groups excluding tert-OH is 1. The number of rotatable bonds is 6. The van der Waals surface area contributed by atoms with E-state index in [1.54, 1.807) is 11.8 Å². The number of halogens is 1. The molecule has 78 valence electrons. The number of unbranched alkanes of at least 4 members (excludes halogenated alkanes) is 1. The third-order valence-corrected chi connectivity index (χ3v) is 1.99. The summed E-state index contributed by atoms with van der Waals surface area (Å²) in [7, 11) is 0. The van der Waals surface area contributed by atoms with E-state index in [2.05, 4.69) is 6.92 Å². The largest absolute Gasteiger partial charge is 0.395 e. The van der Waals surface area contributed by atoms with Gasteiger partial charge in [0.15, 0.2) is 0 Å². The summed E-state index contributed by atoms with van der Waals surface area (Å²) < 4.78 is 0. The lowest BCUT2D eigenvalue weighted by Gasteiger charge is -2.22. The van der Waals surface area contributed by atoms with Crippen molar-refractivity contribution in [1.82, 2.24) is 4.90 Å². The van der Waals surface area contributed by atoms with Gasteiger partial charge >= 0.3 is 0 Å². The molecule has 1 unspecified atom stereocenters. The predicted molar refractivity (Wildman–Crippen MR) is 53.9 cm³/mol. The Hall–Kier alpha value is -0.280. The van der Waals surface area contributed by atoms with Crippen LogP contribution in [0.2, 0.25) is 0 Å². The van der Waals surface area contributed by atoms with E-state index in [-0.39, 0.29) is 12.5 Å². The highest BCUT2D eigenvalue weighted by Crippen LogP contribution is 2.03. The van der Waals surface area contributed by atoms with Crippen molar-refractivity contribution in [1.29, 1.82) is 0 Å². The van der Waals surface area contributed by atoms with Gasteiger partial charge in [-0.3, -0.25) is 4.79 Å². The molecule has 1 atom stereocenters. The molecule has 0 spiro atoms. The fraction of sp³-hybridized carbons (Fsp3) is 0.889. The molecule has 0 aliphatic heterocycles. The monoisotopic (exact) mass is 207 g/mol. The molecule has 4 heteroatoms. The average Bonchev–Trinajstić information content (AvgIpc) is 2.11. The van der Waals surface area contributed by atoms with Gasteiger partial charge in [0.05, 0.1) is 6.61 Å². The molecule has 1 amide bonds. The van der Waals surface area contributed by atoms with Crippen LogP contribution in [-0.2, 0) is 4.79 Å². The van der Waals surface area contributed by atoms with Crippen LogP contribution >= 0.6 is 11.6 Å². The maximum absolute atomic E-state index is 11.4. The Morgan fingerprint density at radius 1 is 1.54 bits per heavy atom. The Bertz CT molecular complexity index is 151. The van der Waals surface area contributed by atoms with Crippen LogP contribution in [-0.4, -0.2) is 41.0 Å². The first-order valence-corrected chi connectivity index (χ1v) is 5.10. The molecule has 0 bridgehead atoms. The van der Waals surface area contributed by atoms with Gasteiger partial charge in [-0.1, -0.05) is 13.3 Å². The molecule has 0 saturated heterocycles. The zero-order valence-electron chi connectivity index (χ0n) is 8.29. The Morgan fingerprint density at radius 2 is 2.15 bits per heavy atom. The molecule has 0 aromatic heterocycles. The van der Waals surface area contributed by atoms with E-state index < -0.39 is 5.38 Å². The summed E-state index contributed by atoms with van der Waals surface area (Å²) >= 11 is 5.66. The molecule has 0 rings (SSSR count). The first-order valence-electron chi connectivity index (χ1n) is 4.67. The SMILES string of the molecule is CCCCN(CCO)C(=O)C(C)Cl. The molecule has 0 heterocycles. The summed E-state index contributed by atoms with van der Waals surface area (Å²) in [5, 5.41) is 8.23. The maximum Gasteiger partial charge on any atom is 0.240 e. The van der Waals surface area contributed by atoms with Gasteiger partial charge in [0.2, 0.25) is 5.91 Å². The lowest BCUT2D eigenvalue weighted by atomic mass is 10.3. The van der Waals surface area contributed by atoms with E-state index in [0.717, 1.165) is 12.8 Å². The molecule has 3 nitrogen and oxygen atoms in total. The molecule has 13 heavy (non-hydrogen) atoms. The van der Waals surface area contributed by atoms with Gasteiger partial charge in [0.25, 0.3) is 0 Å². The van der Waals surface area contributed by atoms with Crippen molar-refractivity contribution in [3.05, 3.63) is 0 Å². The number of alkyl halides is 1. The van der Waals surface area contributed by atoms with E-state index in [1.807, 2.05) is 0 Å². The van der Waals surface area contributed by atoms with Gasteiger partial charge in [0.1, 0.15) is 5.38 Å². The van der Waals surface area contributed by atoms with Crippen molar-refractivity contribution in [3.8, 4) is 0 Å². The van der Waals surface area contributed by atoms with Crippen LogP contribution in [0.3, 0.4) is 0 Å². The third kappa shape index (κ3) is 5.11. The summed E-state index contributed by atoms with van der Waals surface area (Å²) in [6.45, 7) is 4.79. The van der Waals surface area contributed by atoms with E-state index in [9.17, 15) is 4.79 Å². The summed E-state index contributed by atoms with van der Waals surface area (Å²) in [6, 6.07) is 0. The Kier molecular flexibility index (Phi) is 7.00. The molecule has 0 saturated carbocycles. The normalized spacial score (nSPS) is 12.6. The number of aliphatic hydroxyl groups is 1. The smallest absolute Gasteiger partial charge is 0.240 e. The van der Waals surface area contributed by atoms with Gasteiger partial charge in [-0.25, -0.2) is 0 Å². The highest BCUT2D eigenvalue weighted by atomic mass is 35.5. The van der Waals surface area contributed by atoms with Crippen LogP contribution in [0, 0.1) is 0 Å². The molecular weight excluding hydrogens is 190 g/mol. The van der Waals surface area contributed by atoms with E-state index in [0.29, 0.717) is 13.1 Å². The Labute approximate surface area is 84.7 Å². The van der Waals surface area contributed by atoms with Gasteiger partial charge in [-0.15, -0.1) is 11.6 Å².